The number of hydrogen-bond donors (Lipinski definition) is 2. The lowest BCUT2D eigenvalue weighted by Crippen LogP contribution is -2.43. The molecule has 1 aliphatic rings. The number of aromatic nitrogens is 5. The van der Waals surface area contributed by atoms with Crippen LogP contribution in [0.5, 0.6) is 0 Å². The lowest BCUT2D eigenvalue weighted by atomic mass is 10.1. The maximum atomic E-state index is 13.1. The molecule has 1 saturated heterocycles. The van der Waals surface area contributed by atoms with Gasteiger partial charge in [-0.1, -0.05) is 11.8 Å². The van der Waals surface area contributed by atoms with Crippen LogP contribution >= 0.6 is 11.8 Å². The number of pyridine rings is 1. The summed E-state index contributed by atoms with van der Waals surface area (Å²) in [5.74, 6) is 0.625. The lowest BCUT2D eigenvalue weighted by molar-refractivity contribution is -0.143. The Kier molecular flexibility index (Phi) is 4.64. The number of alkyl halides is 3. The molecule has 1 aliphatic heterocycles. The maximum Gasteiger partial charge on any atom is 0.434 e. The van der Waals surface area contributed by atoms with Gasteiger partial charge in [0.1, 0.15) is 5.03 Å². The number of nitrogens with zero attached hydrogens (tertiary/aromatic N) is 5. The van der Waals surface area contributed by atoms with Crippen molar-refractivity contribution < 1.29 is 13.2 Å². The number of halogens is 3. The molecule has 0 bridgehead atoms. The van der Waals surface area contributed by atoms with Gasteiger partial charge in [-0.05, 0) is 25.0 Å². The molecule has 0 saturated carbocycles. The van der Waals surface area contributed by atoms with Crippen molar-refractivity contribution in [1.29, 1.82) is 0 Å². The van der Waals surface area contributed by atoms with Gasteiger partial charge in [-0.25, -0.2) is 9.97 Å². The fourth-order valence-corrected chi connectivity index (χ4v) is 3.84. The van der Waals surface area contributed by atoms with Crippen LogP contribution in [0.4, 0.5) is 19.1 Å². The Bertz CT molecular complexity index is 959. The van der Waals surface area contributed by atoms with Crippen LogP contribution in [-0.2, 0) is 6.18 Å². The molecule has 142 valence electrons. The molecule has 0 spiro atoms. The minimum absolute atomic E-state index is 0.0311. The van der Waals surface area contributed by atoms with Crippen LogP contribution in [0.25, 0.3) is 11.3 Å². The molecule has 0 amide bonds. The molecule has 11 heteroatoms. The van der Waals surface area contributed by atoms with Crippen LogP contribution in [0.3, 0.4) is 0 Å². The van der Waals surface area contributed by atoms with Gasteiger partial charge in [0.25, 0.3) is 0 Å². The van der Waals surface area contributed by atoms with E-state index in [1.165, 1.54) is 18.3 Å². The second kappa shape index (κ2) is 6.97. The molecule has 1 unspecified atom stereocenters. The van der Waals surface area contributed by atoms with Crippen molar-refractivity contribution >= 4 is 29.0 Å². The van der Waals surface area contributed by atoms with Crippen LogP contribution in [0.15, 0.2) is 34.4 Å². The lowest BCUT2D eigenvalue weighted by Gasteiger charge is -2.30. The molecule has 27 heavy (non-hydrogen) atoms. The summed E-state index contributed by atoms with van der Waals surface area (Å²) in [6, 6.07) is 2.90. The summed E-state index contributed by atoms with van der Waals surface area (Å²) in [6.45, 7) is 1.52. The quantitative estimate of drug-likeness (QED) is 0.704. The first-order valence-electron chi connectivity index (χ1n) is 8.33. The number of anilines is 1. The molecule has 4 heterocycles. The highest BCUT2D eigenvalue weighted by molar-refractivity contribution is 7.99. The van der Waals surface area contributed by atoms with Crippen molar-refractivity contribution in [3.8, 4) is 0 Å². The second-order valence-corrected chi connectivity index (χ2v) is 7.30. The number of rotatable bonds is 3. The Labute approximate surface area is 156 Å². The zero-order valence-corrected chi connectivity index (χ0v) is 14.9. The minimum atomic E-state index is -4.53. The fraction of sp³-hybridized carbons (Fsp3) is 0.375. The number of nitrogens with one attached hydrogen (secondary N) is 1. The fourth-order valence-electron chi connectivity index (χ4n) is 2.96. The Morgan fingerprint density at radius 1 is 1.26 bits per heavy atom. The van der Waals surface area contributed by atoms with E-state index >= 15 is 0 Å². The number of H-pyrrole nitrogens is 1. The summed E-state index contributed by atoms with van der Waals surface area (Å²) in [5.41, 5.74) is 5.89. The first kappa shape index (κ1) is 18.0. The number of piperidine rings is 1. The van der Waals surface area contributed by atoms with Gasteiger partial charge >= 0.3 is 6.18 Å². The third-order valence-electron chi connectivity index (χ3n) is 4.19. The summed E-state index contributed by atoms with van der Waals surface area (Å²) in [4.78, 5) is 21.6. The molecule has 3 aromatic rings. The van der Waals surface area contributed by atoms with Crippen molar-refractivity contribution in [3.05, 3.63) is 30.2 Å². The Morgan fingerprint density at radius 3 is 2.89 bits per heavy atom. The van der Waals surface area contributed by atoms with Crippen molar-refractivity contribution in [2.75, 3.05) is 18.0 Å². The van der Waals surface area contributed by atoms with Crippen molar-refractivity contribution in [2.24, 2.45) is 5.73 Å². The highest BCUT2D eigenvalue weighted by Gasteiger charge is 2.35. The number of nitrogens with two attached hydrogens (primary N) is 1. The van der Waals surface area contributed by atoms with Crippen LogP contribution in [-0.4, -0.2) is 44.1 Å². The Morgan fingerprint density at radius 2 is 2.11 bits per heavy atom. The molecule has 7 nitrogen and oxygen atoms in total. The highest BCUT2D eigenvalue weighted by atomic mass is 32.2. The third-order valence-corrected chi connectivity index (χ3v) is 5.14. The van der Waals surface area contributed by atoms with E-state index in [1.54, 1.807) is 0 Å². The summed E-state index contributed by atoms with van der Waals surface area (Å²) >= 11 is 0.858. The van der Waals surface area contributed by atoms with E-state index in [1.807, 2.05) is 4.90 Å². The number of imidazole rings is 1. The monoisotopic (exact) mass is 395 g/mol. The van der Waals surface area contributed by atoms with Gasteiger partial charge in [-0.15, -0.1) is 0 Å². The van der Waals surface area contributed by atoms with E-state index in [9.17, 15) is 13.2 Å². The van der Waals surface area contributed by atoms with Crippen molar-refractivity contribution in [3.63, 3.8) is 0 Å². The van der Waals surface area contributed by atoms with E-state index in [0.29, 0.717) is 28.8 Å². The molecular weight excluding hydrogens is 379 g/mol. The van der Waals surface area contributed by atoms with E-state index in [4.69, 9.17) is 5.73 Å². The normalized spacial score (nSPS) is 18.2. The average molecular weight is 395 g/mol. The van der Waals surface area contributed by atoms with Crippen LogP contribution in [0, 0.1) is 0 Å². The second-order valence-electron chi connectivity index (χ2n) is 6.24. The molecule has 0 radical (unpaired) electrons. The zero-order valence-electron chi connectivity index (χ0n) is 14.1. The molecule has 0 aliphatic carbocycles. The molecule has 0 aromatic carbocycles. The third kappa shape index (κ3) is 3.83. The average Bonchev–Trinajstić information content (AvgIpc) is 3.05. The first-order chi connectivity index (χ1) is 12.9. The SMILES string of the molecule is NC1CCCN(c2nc3nc(Sc4cccnc4C(F)(F)F)cnc3[nH]2)C1. The smallest absolute Gasteiger partial charge is 0.341 e. The maximum absolute atomic E-state index is 13.1. The largest absolute Gasteiger partial charge is 0.434 e. The van der Waals surface area contributed by atoms with Gasteiger partial charge in [-0.3, -0.25) is 4.98 Å². The molecule has 3 aromatic heterocycles. The molecule has 1 fully saturated rings. The van der Waals surface area contributed by atoms with Crippen LogP contribution < -0.4 is 10.6 Å². The van der Waals surface area contributed by atoms with Gasteiger partial charge in [0, 0.05) is 30.2 Å². The number of aromatic amines is 1. The van der Waals surface area contributed by atoms with E-state index in [2.05, 4.69) is 24.9 Å². The van der Waals surface area contributed by atoms with Gasteiger partial charge in [-0.2, -0.15) is 18.2 Å². The molecule has 3 N–H and O–H groups in total. The standard InChI is InChI=1S/C16H16F3N7S/c17-16(18,19)12-10(4-1-5-21-12)27-11-7-22-13-14(23-11)25-15(24-13)26-6-2-3-9(20)8-26/h1,4-5,7,9H,2-3,6,8,20H2,(H,22,23,24,25). The Balaban J connectivity index is 1.61. The van der Waals surface area contributed by atoms with E-state index in [-0.39, 0.29) is 10.9 Å². The summed E-state index contributed by atoms with van der Waals surface area (Å²) in [7, 11) is 0. The summed E-state index contributed by atoms with van der Waals surface area (Å²) < 4.78 is 39.3. The van der Waals surface area contributed by atoms with E-state index < -0.39 is 11.9 Å². The predicted molar refractivity (Wildman–Crippen MR) is 94.5 cm³/mol. The number of hydrogen-bond acceptors (Lipinski definition) is 7. The first-order valence-corrected chi connectivity index (χ1v) is 9.15. The highest BCUT2D eigenvalue weighted by Crippen LogP contribution is 2.37. The van der Waals surface area contributed by atoms with E-state index in [0.717, 1.165) is 37.3 Å². The molecular formula is C16H16F3N7S. The Hall–Kier alpha value is -2.40. The van der Waals surface area contributed by atoms with Gasteiger partial charge < -0.3 is 15.6 Å². The van der Waals surface area contributed by atoms with Crippen LogP contribution in [0.2, 0.25) is 0 Å². The molecule has 1 atom stereocenters. The van der Waals surface area contributed by atoms with Gasteiger partial charge in [0.15, 0.2) is 17.0 Å². The van der Waals surface area contributed by atoms with Gasteiger partial charge in [0.2, 0.25) is 5.95 Å². The topological polar surface area (TPSA) is 96.6 Å². The summed E-state index contributed by atoms with van der Waals surface area (Å²) in [5, 5.41) is 0.314. The van der Waals surface area contributed by atoms with Crippen LogP contribution in [0.1, 0.15) is 18.5 Å². The zero-order chi connectivity index (χ0) is 19.0. The van der Waals surface area contributed by atoms with Crippen molar-refractivity contribution in [2.45, 2.75) is 35.0 Å². The summed E-state index contributed by atoms with van der Waals surface area (Å²) in [6.07, 6.45) is -0.0507. The van der Waals surface area contributed by atoms with Gasteiger partial charge in [0.05, 0.1) is 6.20 Å². The number of fused-ring (bicyclic) bond motifs is 1. The predicted octanol–water partition coefficient (Wildman–Crippen LogP) is 2.85. The van der Waals surface area contributed by atoms with Crippen molar-refractivity contribution in [1.82, 2.24) is 24.9 Å². The molecule has 4 rings (SSSR count). The minimum Gasteiger partial charge on any atom is -0.341 e.